The van der Waals surface area contributed by atoms with Crippen molar-refractivity contribution >= 4 is 45.6 Å². The lowest BCUT2D eigenvalue weighted by Crippen LogP contribution is -2.12. The number of carbonyl (C=O) groups excluding carboxylic acids is 2. The molecule has 2 N–H and O–H groups in total. The van der Waals surface area contributed by atoms with Crippen LogP contribution in [-0.2, 0) is 0 Å². The molecule has 2 amide bonds. The fourth-order valence-electron chi connectivity index (χ4n) is 2.69. The summed E-state index contributed by atoms with van der Waals surface area (Å²) in [5.74, 6) is -0.294. The van der Waals surface area contributed by atoms with Crippen LogP contribution in [0.15, 0.2) is 52.0 Å². The minimum Gasteiger partial charge on any atom is -0.459 e. The Bertz CT molecular complexity index is 1010. The van der Waals surface area contributed by atoms with Crippen LogP contribution in [0.5, 0.6) is 0 Å². The molecule has 2 aromatic heterocycles. The van der Waals surface area contributed by atoms with E-state index >= 15 is 0 Å². The summed E-state index contributed by atoms with van der Waals surface area (Å²) in [5.41, 5.74) is 2.62. The molecule has 0 fully saturated rings. The van der Waals surface area contributed by atoms with Crippen LogP contribution in [0.1, 0.15) is 51.6 Å². The molecule has 3 aromatic rings. The van der Waals surface area contributed by atoms with Crippen LogP contribution in [0.3, 0.4) is 0 Å². The van der Waals surface area contributed by atoms with Gasteiger partial charge < -0.3 is 15.1 Å². The summed E-state index contributed by atoms with van der Waals surface area (Å²) in [6.45, 7) is 8.23. The SMILES string of the molecule is CCC(C)Sc1ccc(NC(=O)c2sc(NC(=O)c3ccco3)cc2C)c(C)c1. The first-order valence-corrected chi connectivity index (χ1v) is 11.1. The number of thiophene rings is 1. The standard InChI is InChI=1S/C22H24N2O3S2/c1-5-15(4)28-16-8-9-17(13(2)11-16)23-22(26)20-14(3)12-19(29-20)24-21(25)18-7-6-10-27-18/h6-12,15H,5H2,1-4H3,(H,23,26)(H,24,25). The van der Waals surface area contributed by atoms with Crippen LogP contribution in [0.25, 0.3) is 0 Å². The first-order valence-electron chi connectivity index (χ1n) is 9.41. The Balaban J connectivity index is 1.69. The van der Waals surface area contributed by atoms with Crippen molar-refractivity contribution in [2.45, 2.75) is 44.3 Å². The molecule has 7 heteroatoms. The third-order valence-corrected chi connectivity index (χ3v) is 6.88. The maximum Gasteiger partial charge on any atom is 0.291 e. The molecule has 0 radical (unpaired) electrons. The van der Waals surface area contributed by atoms with Crippen LogP contribution in [0, 0.1) is 13.8 Å². The van der Waals surface area contributed by atoms with Crippen molar-refractivity contribution in [1.82, 2.24) is 0 Å². The molecule has 0 aliphatic carbocycles. The number of carbonyl (C=O) groups is 2. The van der Waals surface area contributed by atoms with Crippen molar-refractivity contribution in [2.24, 2.45) is 0 Å². The lowest BCUT2D eigenvalue weighted by molar-refractivity contribution is 0.0995. The fraction of sp³-hybridized carbons (Fsp3) is 0.273. The van der Waals surface area contributed by atoms with Gasteiger partial charge in [0.2, 0.25) is 0 Å². The van der Waals surface area contributed by atoms with Crippen molar-refractivity contribution < 1.29 is 14.0 Å². The molecule has 5 nitrogen and oxygen atoms in total. The highest BCUT2D eigenvalue weighted by atomic mass is 32.2. The van der Waals surface area contributed by atoms with Crippen molar-refractivity contribution in [3.63, 3.8) is 0 Å². The van der Waals surface area contributed by atoms with E-state index < -0.39 is 0 Å². The van der Waals surface area contributed by atoms with Gasteiger partial charge in [0.25, 0.3) is 11.8 Å². The van der Waals surface area contributed by atoms with Crippen molar-refractivity contribution in [1.29, 1.82) is 0 Å². The van der Waals surface area contributed by atoms with Gasteiger partial charge in [0.05, 0.1) is 16.1 Å². The predicted molar refractivity (Wildman–Crippen MR) is 120 cm³/mol. The molecule has 0 saturated carbocycles. The Hall–Kier alpha value is -2.51. The Labute approximate surface area is 178 Å². The zero-order valence-corrected chi connectivity index (χ0v) is 18.5. The average molecular weight is 429 g/mol. The smallest absolute Gasteiger partial charge is 0.291 e. The number of amides is 2. The van der Waals surface area contributed by atoms with E-state index in [-0.39, 0.29) is 17.6 Å². The molecule has 1 unspecified atom stereocenters. The van der Waals surface area contributed by atoms with Crippen LogP contribution in [0.2, 0.25) is 0 Å². The molecular weight excluding hydrogens is 404 g/mol. The van der Waals surface area contributed by atoms with E-state index in [2.05, 4.69) is 30.5 Å². The zero-order valence-electron chi connectivity index (χ0n) is 16.9. The monoisotopic (exact) mass is 428 g/mol. The van der Waals surface area contributed by atoms with Gasteiger partial charge in [0.1, 0.15) is 0 Å². The third-order valence-electron chi connectivity index (χ3n) is 4.46. The van der Waals surface area contributed by atoms with Gasteiger partial charge in [-0.1, -0.05) is 13.8 Å². The first kappa shape index (κ1) is 21.2. The lowest BCUT2D eigenvalue weighted by Gasteiger charge is -2.12. The van der Waals surface area contributed by atoms with Crippen molar-refractivity contribution in [3.05, 3.63) is 64.4 Å². The van der Waals surface area contributed by atoms with Gasteiger partial charge in [-0.25, -0.2) is 0 Å². The fourth-order valence-corrected chi connectivity index (χ4v) is 4.68. The second-order valence-corrected chi connectivity index (χ2v) is 9.39. The van der Waals surface area contributed by atoms with E-state index in [9.17, 15) is 9.59 Å². The second-order valence-electron chi connectivity index (χ2n) is 6.82. The summed E-state index contributed by atoms with van der Waals surface area (Å²) in [6.07, 6.45) is 2.56. The molecule has 0 aliphatic rings. The maximum atomic E-state index is 12.8. The van der Waals surface area contributed by atoms with E-state index in [0.717, 1.165) is 23.2 Å². The number of benzene rings is 1. The molecule has 2 heterocycles. The molecule has 3 rings (SSSR count). The highest BCUT2D eigenvalue weighted by molar-refractivity contribution is 7.99. The lowest BCUT2D eigenvalue weighted by atomic mass is 10.2. The maximum absolute atomic E-state index is 12.8. The van der Waals surface area contributed by atoms with E-state index in [0.29, 0.717) is 15.1 Å². The summed E-state index contributed by atoms with van der Waals surface area (Å²) in [5, 5.41) is 6.91. The van der Waals surface area contributed by atoms with Gasteiger partial charge in [-0.2, -0.15) is 0 Å². The number of aryl methyl sites for hydroxylation is 2. The molecule has 152 valence electrons. The van der Waals surface area contributed by atoms with Crippen LogP contribution >= 0.6 is 23.1 Å². The van der Waals surface area contributed by atoms with E-state index in [1.54, 1.807) is 18.2 Å². The number of anilines is 2. The number of nitrogens with one attached hydrogen (secondary N) is 2. The molecule has 0 spiro atoms. The quantitative estimate of drug-likeness (QED) is 0.430. The molecule has 0 bridgehead atoms. The molecule has 1 aromatic carbocycles. The summed E-state index contributed by atoms with van der Waals surface area (Å²) in [7, 11) is 0. The summed E-state index contributed by atoms with van der Waals surface area (Å²) in [4.78, 5) is 26.7. The van der Waals surface area contributed by atoms with Crippen LogP contribution in [0.4, 0.5) is 10.7 Å². The summed E-state index contributed by atoms with van der Waals surface area (Å²) >= 11 is 3.08. The molecule has 0 aliphatic heterocycles. The van der Waals surface area contributed by atoms with Crippen LogP contribution < -0.4 is 10.6 Å². The van der Waals surface area contributed by atoms with Crippen molar-refractivity contribution in [2.75, 3.05) is 10.6 Å². The molecule has 0 saturated heterocycles. The summed E-state index contributed by atoms with van der Waals surface area (Å²) in [6, 6.07) is 11.1. The normalized spacial score (nSPS) is 11.9. The van der Waals surface area contributed by atoms with Gasteiger partial charge in [-0.15, -0.1) is 23.1 Å². The van der Waals surface area contributed by atoms with Gasteiger partial charge in [0.15, 0.2) is 5.76 Å². The Morgan fingerprint density at radius 2 is 1.90 bits per heavy atom. The van der Waals surface area contributed by atoms with Crippen molar-refractivity contribution in [3.8, 4) is 0 Å². The molecular formula is C22H24N2O3S2. The highest BCUT2D eigenvalue weighted by Crippen LogP contribution is 2.31. The number of thioether (sulfide) groups is 1. The first-order chi connectivity index (χ1) is 13.9. The minimum absolute atomic E-state index is 0.184. The van der Waals surface area contributed by atoms with E-state index in [4.69, 9.17) is 4.42 Å². The topological polar surface area (TPSA) is 71.3 Å². The number of hydrogen-bond acceptors (Lipinski definition) is 5. The number of furan rings is 1. The summed E-state index contributed by atoms with van der Waals surface area (Å²) < 4.78 is 5.10. The highest BCUT2D eigenvalue weighted by Gasteiger charge is 2.17. The Morgan fingerprint density at radius 3 is 2.55 bits per heavy atom. The third kappa shape index (κ3) is 5.31. The van der Waals surface area contributed by atoms with Gasteiger partial charge >= 0.3 is 0 Å². The zero-order chi connectivity index (χ0) is 21.0. The largest absolute Gasteiger partial charge is 0.459 e. The number of hydrogen-bond donors (Lipinski definition) is 2. The van der Waals surface area contributed by atoms with Gasteiger partial charge in [0, 0.05) is 15.8 Å². The van der Waals surface area contributed by atoms with Gasteiger partial charge in [-0.05, 0) is 67.8 Å². The molecule has 1 atom stereocenters. The Morgan fingerprint density at radius 1 is 1.10 bits per heavy atom. The molecule has 29 heavy (non-hydrogen) atoms. The Kier molecular flexibility index (Phi) is 6.82. The number of rotatable bonds is 7. The second kappa shape index (κ2) is 9.33. The van der Waals surface area contributed by atoms with E-state index in [1.165, 1.54) is 22.5 Å². The van der Waals surface area contributed by atoms with Gasteiger partial charge in [-0.3, -0.25) is 9.59 Å². The average Bonchev–Trinajstić information content (AvgIpc) is 3.33. The minimum atomic E-state index is -0.339. The predicted octanol–water partition coefficient (Wildman–Crippen LogP) is 6.35. The van der Waals surface area contributed by atoms with E-state index in [1.807, 2.05) is 37.7 Å². The van der Waals surface area contributed by atoms with Crippen LogP contribution in [-0.4, -0.2) is 17.1 Å².